The van der Waals surface area contributed by atoms with Crippen LogP contribution in [0.5, 0.6) is 0 Å². The summed E-state index contributed by atoms with van der Waals surface area (Å²) >= 11 is 0. The van der Waals surface area contributed by atoms with E-state index in [1.165, 1.54) is 7.05 Å². The summed E-state index contributed by atoms with van der Waals surface area (Å²) in [5, 5.41) is 4.69. The van der Waals surface area contributed by atoms with Gasteiger partial charge in [0.2, 0.25) is 5.91 Å². The van der Waals surface area contributed by atoms with E-state index in [0.717, 1.165) is 11.4 Å². The van der Waals surface area contributed by atoms with Gasteiger partial charge < -0.3 is 9.47 Å². The number of carbonyl (C=O) groups is 3. The van der Waals surface area contributed by atoms with E-state index in [2.05, 4.69) is 5.10 Å². The van der Waals surface area contributed by atoms with Gasteiger partial charge in [-0.1, -0.05) is 13.3 Å². The monoisotopic (exact) mass is 286 g/mol. The lowest BCUT2D eigenvalue weighted by Crippen LogP contribution is -2.33. The van der Waals surface area contributed by atoms with E-state index < -0.39 is 17.7 Å². The summed E-state index contributed by atoms with van der Waals surface area (Å²) in [7, 11) is 1.39. The van der Waals surface area contributed by atoms with Crippen molar-refractivity contribution in [2.45, 2.75) is 40.0 Å². The average molecular weight is 286 g/mol. The van der Waals surface area contributed by atoms with Crippen molar-refractivity contribution < 1.29 is 23.9 Å². The number of nitrogens with zero attached hydrogens (tertiary/aromatic N) is 2. The van der Waals surface area contributed by atoms with Crippen LogP contribution in [-0.2, 0) is 23.9 Å². The fourth-order valence-electron chi connectivity index (χ4n) is 1.26. The van der Waals surface area contributed by atoms with Gasteiger partial charge in [-0.2, -0.15) is 5.10 Å². The van der Waals surface area contributed by atoms with Crippen LogP contribution in [-0.4, -0.2) is 48.8 Å². The van der Waals surface area contributed by atoms with Crippen LogP contribution in [0.4, 0.5) is 0 Å². The van der Waals surface area contributed by atoms with E-state index in [4.69, 9.17) is 9.47 Å². The van der Waals surface area contributed by atoms with E-state index in [0.29, 0.717) is 12.8 Å². The minimum atomic E-state index is -0.902. The number of amides is 1. The summed E-state index contributed by atoms with van der Waals surface area (Å²) in [5.74, 6) is -2.08. The number of hydrogen-bond donors (Lipinski definition) is 0. The summed E-state index contributed by atoms with van der Waals surface area (Å²) in [6.45, 7) is 5.38. The Hall–Kier alpha value is -1.92. The van der Waals surface area contributed by atoms with Crippen LogP contribution in [0.15, 0.2) is 5.10 Å². The van der Waals surface area contributed by atoms with Gasteiger partial charge in [0.15, 0.2) is 0 Å². The summed E-state index contributed by atoms with van der Waals surface area (Å²) in [6.07, 6.45) is 1.88. The Labute approximate surface area is 118 Å². The number of hydrogen-bond acceptors (Lipinski definition) is 6. The quantitative estimate of drug-likeness (QED) is 0.289. The van der Waals surface area contributed by atoms with E-state index >= 15 is 0 Å². The predicted molar refractivity (Wildman–Crippen MR) is 73.0 cm³/mol. The Morgan fingerprint density at radius 2 is 1.50 bits per heavy atom. The molecule has 0 spiro atoms. The first kappa shape index (κ1) is 18.1. The van der Waals surface area contributed by atoms with Crippen molar-refractivity contribution in [2.75, 3.05) is 20.3 Å². The molecule has 20 heavy (non-hydrogen) atoms. The molecule has 0 aliphatic heterocycles. The number of esters is 2. The zero-order chi connectivity index (χ0) is 15.5. The van der Waals surface area contributed by atoms with Gasteiger partial charge in [-0.3, -0.25) is 4.79 Å². The van der Waals surface area contributed by atoms with E-state index in [9.17, 15) is 14.4 Å². The van der Waals surface area contributed by atoms with E-state index in [-0.39, 0.29) is 19.1 Å². The molecule has 0 heterocycles. The third kappa shape index (κ3) is 6.31. The molecule has 0 aliphatic rings. The minimum Gasteiger partial charge on any atom is -0.461 e. The molecule has 1 amide bonds. The fraction of sp³-hybridized carbons (Fsp3) is 0.692. The van der Waals surface area contributed by atoms with Gasteiger partial charge in [-0.25, -0.2) is 14.6 Å². The van der Waals surface area contributed by atoms with E-state index in [1.54, 1.807) is 13.8 Å². The van der Waals surface area contributed by atoms with Crippen LogP contribution in [0, 0.1) is 0 Å². The number of rotatable bonds is 8. The van der Waals surface area contributed by atoms with Crippen molar-refractivity contribution in [1.29, 1.82) is 0 Å². The summed E-state index contributed by atoms with van der Waals surface area (Å²) < 4.78 is 9.45. The maximum absolute atomic E-state index is 11.7. The van der Waals surface area contributed by atoms with Crippen molar-refractivity contribution in [1.82, 2.24) is 5.01 Å². The van der Waals surface area contributed by atoms with Crippen LogP contribution in [0.1, 0.15) is 40.0 Å². The van der Waals surface area contributed by atoms with Crippen molar-refractivity contribution >= 4 is 23.6 Å². The molecule has 0 aliphatic carbocycles. The molecule has 0 unspecified atom stereocenters. The minimum absolute atomic E-state index is 0.102. The van der Waals surface area contributed by atoms with Gasteiger partial charge in [0.25, 0.3) is 5.71 Å². The first-order chi connectivity index (χ1) is 9.47. The average Bonchev–Trinajstić information content (AvgIpc) is 2.42. The van der Waals surface area contributed by atoms with Gasteiger partial charge in [-0.05, 0) is 20.3 Å². The lowest BCUT2D eigenvalue weighted by molar-refractivity contribution is -0.140. The second kappa shape index (κ2) is 9.94. The topological polar surface area (TPSA) is 85.3 Å². The molecule has 0 aromatic heterocycles. The highest BCUT2D eigenvalue weighted by Gasteiger charge is 2.25. The SMILES string of the molecule is CCCCC(=O)N(C)N=C(C(=O)OCC)C(=O)OCC. The first-order valence-electron chi connectivity index (χ1n) is 6.67. The second-order valence-electron chi connectivity index (χ2n) is 3.91. The molecule has 0 saturated heterocycles. The third-order valence-corrected chi connectivity index (χ3v) is 2.29. The highest BCUT2D eigenvalue weighted by atomic mass is 16.6. The van der Waals surface area contributed by atoms with Gasteiger partial charge in [0, 0.05) is 13.5 Å². The van der Waals surface area contributed by atoms with Gasteiger partial charge >= 0.3 is 11.9 Å². The number of hydrazone groups is 1. The Morgan fingerprint density at radius 1 is 1.00 bits per heavy atom. The summed E-state index contributed by atoms with van der Waals surface area (Å²) in [5.41, 5.74) is -0.527. The molecule has 0 fully saturated rings. The van der Waals surface area contributed by atoms with Crippen LogP contribution < -0.4 is 0 Å². The third-order valence-electron chi connectivity index (χ3n) is 2.29. The van der Waals surface area contributed by atoms with Crippen molar-refractivity contribution in [3.05, 3.63) is 0 Å². The molecular formula is C13H22N2O5. The van der Waals surface area contributed by atoms with Gasteiger partial charge in [0.1, 0.15) is 0 Å². The molecule has 114 valence electrons. The second-order valence-corrected chi connectivity index (χ2v) is 3.91. The van der Waals surface area contributed by atoms with Crippen molar-refractivity contribution in [3.8, 4) is 0 Å². The standard InChI is InChI=1S/C13H22N2O5/c1-5-8-9-10(16)15(4)14-11(12(17)19-6-2)13(18)20-7-3/h5-9H2,1-4H3. The lowest BCUT2D eigenvalue weighted by Gasteiger charge is -2.13. The number of carbonyl (C=O) groups excluding carboxylic acids is 3. The van der Waals surface area contributed by atoms with Crippen LogP contribution in [0.25, 0.3) is 0 Å². The molecule has 0 atom stereocenters. The Kier molecular flexibility index (Phi) is 8.98. The molecular weight excluding hydrogens is 264 g/mol. The molecule has 0 N–H and O–H groups in total. The smallest absolute Gasteiger partial charge is 0.366 e. The Balaban J connectivity index is 4.99. The highest BCUT2D eigenvalue weighted by molar-refractivity contribution is 6.62. The highest BCUT2D eigenvalue weighted by Crippen LogP contribution is 2.01. The number of ether oxygens (including phenoxy) is 2. The van der Waals surface area contributed by atoms with Crippen molar-refractivity contribution in [3.63, 3.8) is 0 Å². The molecule has 0 bridgehead atoms. The maximum atomic E-state index is 11.7. The predicted octanol–water partition coefficient (Wildman–Crippen LogP) is 1.12. The van der Waals surface area contributed by atoms with Crippen molar-refractivity contribution in [2.24, 2.45) is 5.10 Å². The molecule has 0 rings (SSSR count). The summed E-state index contributed by atoms with van der Waals surface area (Å²) in [4.78, 5) is 35.0. The normalized spacial score (nSPS) is 9.60. The maximum Gasteiger partial charge on any atom is 0.366 e. The zero-order valence-corrected chi connectivity index (χ0v) is 12.5. The largest absolute Gasteiger partial charge is 0.461 e. The summed E-state index contributed by atoms with van der Waals surface area (Å²) in [6, 6.07) is 0. The van der Waals surface area contributed by atoms with Crippen LogP contribution >= 0.6 is 0 Å². The molecule has 7 heteroatoms. The van der Waals surface area contributed by atoms with Crippen LogP contribution in [0.3, 0.4) is 0 Å². The zero-order valence-electron chi connectivity index (χ0n) is 12.5. The molecule has 7 nitrogen and oxygen atoms in total. The molecule has 0 saturated carbocycles. The fourth-order valence-corrected chi connectivity index (χ4v) is 1.26. The van der Waals surface area contributed by atoms with E-state index in [1.807, 2.05) is 6.92 Å². The number of unbranched alkanes of at least 4 members (excludes halogenated alkanes) is 1. The van der Waals surface area contributed by atoms with Crippen LogP contribution in [0.2, 0.25) is 0 Å². The Bertz CT molecular complexity index is 359. The molecule has 0 radical (unpaired) electrons. The molecule has 0 aromatic carbocycles. The van der Waals surface area contributed by atoms with Gasteiger partial charge in [-0.15, -0.1) is 0 Å². The lowest BCUT2D eigenvalue weighted by atomic mass is 10.2. The Morgan fingerprint density at radius 3 is 1.90 bits per heavy atom. The molecule has 0 aromatic rings. The van der Waals surface area contributed by atoms with Gasteiger partial charge in [0.05, 0.1) is 13.2 Å². The first-order valence-corrected chi connectivity index (χ1v) is 6.67.